The lowest BCUT2D eigenvalue weighted by Crippen LogP contribution is -2.26. The molecule has 0 aliphatic heterocycles. The summed E-state index contributed by atoms with van der Waals surface area (Å²) in [5.74, 6) is 0.479. The van der Waals surface area contributed by atoms with Gasteiger partial charge in [-0.1, -0.05) is 33.1 Å². The Morgan fingerprint density at radius 1 is 1.53 bits per heavy atom. The number of rotatable bonds is 8. The van der Waals surface area contributed by atoms with E-state index in [1.54, 1.807) is 11.3 Å². The highest BCUT2D eigenvalue weighted by Gasteiger charge is 2.10. The van der Waals surface area contributed by atoms with Crippen LogP contribution in [0.5, 0.6) is 0 Å². The summed E-state index contributed by atoms with van der Waals surface area (Å²) in [6.45, 7) is 7.22. The van der Waals surface area contributed by atoms with Crippen molar-refractivity contribution in [1.29, 1.82) is 0 Å². The van der Waals surface area contributed by atoms with E-state index in [4.69, 9.17) is 4.74 Å². The Balaban J connectivity index is 2.19. The molecule has 4 nitrogen and oxygen atoms in total. The fourth-order valence-corrected chi connectivity index (χ4v) is 2.41. The van der Waals surface area contributed by atoms with Crippen LogP contribution in [0.1, 0.15) is 50.2 Å². The number of aryl methyl sites for hydroxylation is 1. The molecule has 5 heteroatoms. The second kappa shape index (κ2) is 8.91. The molecule has 0 saturated carbocycles. The lowest BCUT2D eigenvalue weighted by molar-refractivity contribution is 0.122. The third-order valence-electron chi connectivity index (χ3n) is 3.07. The highest BCUT2D eigenvalue weighted by molar-refractivity contribution is 7.09. The minimum absolute atomic E-state index is 0.347. The van der Waals surface area contributed by atoms with Crippen LogP contribution in [0, 0.1) is 12.8 Å². The number of carbonyl (C=O) groups is 1. The van der Waals surface area contributed by atoms with E-state index >= 15 is 0 Å². The summed E-state index contributed by atoms with van der Waals surface area (Å²) < 4.78 is 5.25. The van der Waals surface area contributed by atoms with Gasteiger partial charge in [0, 0.05) is 5.38 Å². The van der Waals surface area contributed by atoms with Crippen molar-refractivity contribution < 1.29 is 9.53 Å². The van der Waals surface area contributed by atoms with Crippen LogP contribution >= 0.6 is 11.3 Å². The molecule has 1 aromatic heterocycles. The Bertz CT molecular complexity index is 379. The van der Waals surface area contributed by atoms with Crippen LogP contribution in [0.15, 0.2) is 5.38 Å². The zero-order valence-electron chi connectivity index (χ0n) is 12.1. The van der Waals surface area contributed by atoms with E-state index < -0.39 is 0 Å². The van der Waals surface area contributed by atoms with E-state index in [0.29, 0.717) is 19.1 Å². The van der Waals surface area contributed by atoms with Crippen LogP contribution in [-0.2, 0) is 11.3 Å². The fourth-order valence-electron chi connectivity index (χ4n) is 1.79. The number of nitrogens with zero attached hydrogens (tertiary/aromatic N) is 1. The molecule has 0 aliphatic rings. The molecule has 0 aromatic carbocycles. The van der Waals surface area contributed by atoms with Crippen LogP contribution in [0.4, 0.5) is 4.79 Å². The van der Waals surface area contributed by atoms with Gasteiger partial charge in [0.2, 0.25) is 0 Å². The number of thiazole rings is 1. The third-order valence-corrected chi connectivity index (χ3v) is 3.90. The molecule has 1 aromatic rings. The molecule has 0 aliphatic carbocycles. The molecule has 1 atom stereocenters. The van der Waals surface area contributed by atoms with Crippen molar-refractivity contribution in [3.63, 3.8) is 0 Å². The quantitative estimate of drug-likeness (QED) is 0.787. The molecule has 1 heterocycles. The molecule has 1 N–H and O–H groups in total. The standard InChI is InChI=1S/C14H24N2O2S/c1-4-6-7-12(5-2)9-18-14(17)15-8-13-10-19-11(3)16-13/h10,12H,4-9H2,1-3H3,(H,15,17). The molecule has 19 heavy (non-hydrogen) atoms. The van der Waals surface area contributed by atoms with Crippen molar-refractivity contribution in [1.82, 2.24) is 10.3 Å². The predicted molar refractivity (Wildman–Crippen MR) is 78.3 cm³/mol. The molecular formula is C14H24N2O2S. The summed E-state index contributed by atoms with van der Waals surface area (Å²) in [7, 11) is 0. The molecule has 0 spiro atoms. The van der Waals surface area contributed by atoms with E-state index in [0.717, 1.165) is 23.5 Å². The number of unbranched alkanes of at least 4 members (excludes halogenated alkanes) is 1. The Morgan fingerprint density at radius 2 is 2.32 bits per heavy atom. The third kappa shape index (κ3) is 6.57. The van der Waals surface area contributed by atoms with Gasteiger partial charge in [-0.25, -0.2) is 9.78 Å². The van der Waals surface area contributed by atoms with Gasteiger partial charge in [0.05, 0.1) is 23.9 Å². The second-order valence-electron chi connectivity index (χ2n) is 4.73. The highest BCUT2D eigenvalue weighted by atomic mass is 32.1. The maximum atomic E-state index is 11.6. The van der Waals surface area contributed by atoms with Gasteiger partial charge in [-0.05, 0) is 19.3 Å². The van der Waals surface area contributed by atoms with E-state index in [2.05, 4.69) is 24.1 Å². The first-order valence-electron chi connectivity index (χ1n) is 6.97. The first-order valence-corrected chi connectivity index (χ1v) is 7.85. The zero-order valence-corrected chi connectivity index (χ0v) is 12.9. The van der Waals surface area contributed by atoms with Crippen molar-refractivity contribution >= 4 is 17.4 Å². The zero-order chi connectivity index (χ0) is 14.1. The van der Waals surface area contributed by atoms with E-state index in [1.807, 2.05) is 12.3 Å². The average molecular weight is 284 g/mol. The van der Waals surface area contributed by atoms with Gasteiger partial charge in [0.1, 0.15) is 0 Å². The number of alkyl carbamates (subject to hydrolysis) is 1. The van der Waals surface area contributed by atoms with Crippen molar-refractivity contribution in [2.24, 2.45) is 5.92 Å². The Kier molecular flexibility index (Phi) is 7.48. The summed E-state index contributed by atoms with van der Waals surface area (Å²) >= 11 is 1.58. The van der Waals surface area contributed by atoms with Gasteiger partial charge in [0.15, 0.2) is 0 Å². The molecule has 1 unspecified atom stereocenters. The summed E-state index contributed by atoms with van der Waals surface area (Å²) in [5.41, 5.74) is 0.887. The maximum absolute atomic E-state index is 11.6. The molecule has 0 radical (unpaired) electrons. The summed E-state index contributed by atoms with van der Waals surface area (Å²) in [5, 5.41) is 5.69. The maximum Gasteiger partial charge on any atom is 0.407 e. The largest absolute Gasteiger partial charge is 0.449 e. The van der Waals surface area contributed by atoms with Crippen molar-refractivity contribution in [2.75, 3.05) is 6.61 Å². The summed E-state index contributed by atoms with van der Waals surface area (Å²) in [6, 6.07) is 0. The summed E-state index contributed by atoms with van der Waals surface area (Å²) in [6.07, 6.45) is 4.22. The predicted octanol–water partition coefficient (Wildman–Crippen LogP) is 3.89. The Hall–Kier alpha value is -1.10. The molecule has 0 fully saturated rings. The smallest absolute Gasteiger partial charge is 0.407 e. The van der Waals surface area contributed by atoms with Gasteiger partial charge in [-0.3, -0.25) is 0 Å². The topological polar surface area (TPSA) is 51.2 Å². The first-order chi connectivity index (χ1) is 9.15. The lowest BCUT2D eigenvalue weighted by atomic mass is 10.0. The number of hydrogen-bond donors (Lipinski definition) is 1. The lowest BCUT2D eigenvalue weighted by Gasteiger charge is -2.14. The van der Waals surface area contributed by atoms with Crippen LogP contribution in [0.25, 0.3) is 0 Å². The van der Waals surface area contributed by atoms with Gasteiger partial charge in [0.25, 0.3) is 0 Å². The van der Waals surface area contributed by atoms with E-state index in [1.165, 1.54) is 12.8 Å². The van der Waals surface area contributed by atoms with Crippen LogP contribution < -0.4 is 5.32 Å². The molecule has 108 valence electrons. The molecule has 0 saturated heterocycles. The number of aromatic nitrogens is 1. The first kappa shape index (κ1) is 16.0. The Labute approximate surface area is 119 Å². The van der Waals surface area contributed by atoms with Crippen LogP contribution in [0.2, 0.25) is 0 Å². The van der Waals surface area contributed by atoms with Crippen molar-refractivity contribution in [3.8, 4) is 0 Å². The van der Waals surface area contributed by atoms with Gasteiger partial charge in [-0.15, -0.1) is 11.3 Å². The van der Waals surface area contributed by atoms with Crippen LogP contribution in [-0.4, -0.2) is 17.7 Å². The van der Waals surface area contributed by atoms with Gasteiger partial charge in [-0.2, -0.15) is 0 Å². The van der Waals surface area contributed by atoms with Crippen LogP contribution in [0.3, 0.4) is 0 Å². The number of carbonyl (C=O) groups excluding carboxylic acids is 1. The Morgan fingerprint density at radius 3 is 2.89 bits per heavy atom. The SMILES string of the molecule is CCCCC(CC)COC(=O)NCc1csc(C)n1. The van der Waals surface area contributed by atoms with Gasteiger partial charge < -0.3 is 10.1 Å². The average Bonchev–Trinajstić information content (AvgIpc) is 2.82. The second-order valence-corrected chi connectivity index (χ2v) is 5.79. The van der Waals surface area contributed by atoms with E-state index in [-0.39, 0.29) is 6.09 Å². The molecule has 0 bridgehead atoms. The minimum atomic E-state index is -0.347. The monoisotopic (exact) mass is 284 g/mol. The van der Waals surface area contributed by atoms with E-state index in [9.17, 15) is 4.79 Å². The van der Waals surface area contributed by atoms with Crippen molar-refractivity contribution in [3.05, 3.63) is 16.1 Å². The number of hydrogen-bond acceptors (Lipinski definition) is 4. The number of nitrogens with one attached hydrogen (secondary N) is 1. The number of ether oxygens (including phenoxy) is 1. The van der Waals surface area contributed by atoms with Crippen molar-refractivity contribution in [2.45, 2.75) is 53.0 Å². The number of amides is 1. The fraction of sp³-hybridized carbons (Fsp3) is 0.714. The summed E-state index contributed by atoms with van der Waals surface area (Å²) in [4.78, 5) is 15.8. The van der Waals surface area contributed by atoms with Gasteiger partial charge >= 0.3 is 6.09 Å². The highest BCUT2D eigenvalue weighted by Crippen LogP contribution is 2.13. The molecule has 1 amide bonds. The molecule has 1 rings (SSSR count). The molecular weight excluding hydrogens is 260 g/mol. The minimum Gasteiger partial charge on any atom is -0.449 e. The normalized spacial score (nSPS) is 12.2.